The van der Waals surface area contributed by atoms with Crippen molar-refractivity contribution in [2.45, 2.75) is 19.5 Å². The van der Waals surface area contributed by atoms with Crippen LogP contribution in [-0.2, 0) is 11.3 Å². The lowest BCUT2D eigenvalue weighted by atomic mass is 10.0. The zero-order valence-electron chi connectivity index (χ0n) is 15.1. The summed E-state index contributed by atoms with van der Waals surface area (Å²) in [5.41, 5.74) is 3.17. The highest BCUT2D eigenvalue weighted by atomic mass is 16.2. The average molecular weight is 326 g/mol. The maximum atomic E-state index is 12.7. The van der Waals surface area contributed by atoms with Gasteiger partial charge in [0.2, 0.25) is 5.91 Å². The number of amides is 1. The number of hydrogen-bond donors (Lipinski definition) is 1. The molecular weight excluding hydrogens is 300 g/mol. The summed E-state index contributed by atoms with van der Waals surface area (Å²) in [7, 11) is 7.73. The zero-order valence-corrected chi connectivity index (χ0v) is 15.1. The molecule has 0 fully saturated rings. The molecule has 1 aromatic carbocycles. The van der Waals surface area contributed by atoms with E-state index in [4.69, 9.17) is 0 Å². The van der Waals surface area contributed by atoms with Gasteiger partial charge in [-0.3, -0.25) is 9.69 Å². The van der Waals surface area contributed by atoms with Gasteiger partial charge in [-0.05, 0) is 32.6 Å². The fraction of sp³-hybridized carbons (Fsp3) is 0.368. The molecule has 0 aliphatic rings. The molecule has 1 aromatic heterocycles. The fourth-order valence-corrected chi connectivity index (χ4v) is 2.68. The quantitative estimate of drug-likeness (QED) is 0.885. The number of nitrogens with one attached hydrogen (secondary N) is 1. The molecule has 2 rings (SSSR count). The Bertz CT molecular complexity index is 680. The summed E-state index contributed by atoms with van der Waals surface area (Å²) in [4.78, 5) is 21.0. The number of benzene rings is 1. The van der Waals surface area contributed by atoms with E-state index in [0.717, 1.165) is 16.9 Å². The second kappa shape index (κ2) is 7.93. The SMILES string of the molecule is Cc1ccc([C@H](C(=O)NCc2cccnc2N(C)C)N(C)C)cc1. The number of aryl methyl sites for hydroxylation is 1. The normalized spacial score (nSPS) is 12.1. The van der Waals surface area contributed by atoms with Gasteiger partial charge in [-0.25, -0.2) is 4.98 Å². The molecule has 0 bridgehead atoms. The molecule has 1 amide bonds. The third kappa shape index (κ3) is 4.32. The Morgan fingerprint density at radius 3 is 2.38 bits per heavy atom. The van der Waals surface area contributed by atoms with Crippen molar-refractivity contribution in [2.24, 2.45) is 0 Å². The van der Waals surface area contributed by atoms with Gasteiger partial charge in [0.15, 0.2) is 0 Å². The first-order valence-corrected chi connectivity index (χ1v) is 8.02. The number of aromatic nitrogens is 1. The maximum absolute atomic E-state index is 12.7. The molecule has 1 atom stereocenters. The predicted molar refractivity (Wildman–Crippen MR) is 98.0 cm³/mol. The molecule has 0 saturated heterocycles. The number of carbonyl (C=O) groups is 1. The largest absolute Gasteiger partial charge is 0.362 e. The molecule has 2 aromatic rings. The number of pyridine rings is 1. The number of anilines is 1. The van der Waals surface area contributed by atoms with Crippen molar-refractivity contribution in [3.8, 4) is 0 Å². The fourth-order valence-electron chi connectivity index (χ4n) is 2.68. The monoisotopic (exact) mass is 326 g/mol. The van der Waals surface area contributed by atoms with Gasteiger partial charge in [-0.2, -0.15) is 0 Å². The Hall–Kier alpha value is -2.40. The van der Waals surface area contributed by atoms with Crippen LogP contribution in [0.1, 0.15) is 22.7 Å². The van der Waals surface area contributed by atoms with Crippen molar-refractivity contribution in [3.05, 3.63) is 59.3 Å². The van der Waals surface area contributed by atoms with E-state index in [1.165, 1.54) is 5.56 Å². The van der Waals surface area contributed by atoms with Gasteiger partial charge in [0, 0.05) is 32.4 Å². The van der Waals surface area contributed by atoms with E-state index in [0.29, 0.717) is 6.54 Å². The summed E-state index contributed by atoms with van der Waals surface area (Å²) in [6.07, 6.45) is 1.76. The molecular formula is C19H26N4O. The van der Waals surface area contributed by atoms with E-state index in [1.807, 2.05) is 81.3 Å². The Kier molecular flexibility index (Phi) is 5.93. The van der Waals surface area contributed by atoms with E-state index in [9.17, 15) is 4.79 Å². The minimum Gasteiger partial charge on any atom is -0.362 e. The number of likely N-dealkylation sites (N-methyl/N-ethyl adjacent to an activating group) is 1. The third-order valence-electron chi connectivity index (χ3n) is 3.90. The lowest BCUT2D eigenvalue weighted by Crippen LogP contribution is -2.37. The second-order valence-electron chi connectivity index (χ2n) is 6.38. The summed E-state index contributed by atoms with van der Waals surface area (Å²) in [6.45, 7) is 2.50. The third-order valence-corrected chi connectivity index (χ3v) is 3.90. The Balaban J connectivity index is 2.13. The zero-order chi connectivity index (χ0) is 17.7. The maximum Gasteiger partial charge on any atom is 0.242 e. The average Bonchev–Trinajstić information content (AvgIpc) is 2.55. The molecule has 128 valence electrons. The van der Waals surface area contributed by atoms with Crippen LogP contribution in [0, 0.1) is 6.92 Å². The smallest absolute Gasteiger partial charge is 0.242 e. The van der Waals surface area contributed by atoms with E-state index < -0.39 is 0 Å². The van der Waals surface area contributed by atoms with Crippen LogP contribution in [0.3, 0.4) is 0 Å². The molecule has 0 aliphatic carbocycles. The number of hydrogen-bond acceptors (Lipinski definition) is 4. The van der Waals surface area contributed by atoms with Crippen LogP contribution in [0.15, 0.2) is 42.6 Å². The minimum atomic E-state index is -0.315. The topological polar surface area (TPSA) is 48.5 Å². The van der Waals surface area contributed by atoms with Gasteiger partial charge >= 0.3 is 0 Å². The van der Waals surface area contributed by atoms with Crippen molar-refractivity contribution < 1.29 is 4.79 Å². The van der Waals surface area contributed by atoms with E-state index >= 15 is 0 Å². The van der Waals surface area contributed by atoms with Crippen molar-refractivity contribution in [1.29, 1.82) is 0 Å². The second-order valence-corrected chi connectivity index (χ2v) is 6.38. The summed E-state index contributed by atoms with van der Waals surface area (Å²) in [5, 5.41) is 3.04. The van der Waals surface area contributed by atoms with Crippen molar-refractivity contribution in [2.75, 3.05) is 33.1 Å². The van der Waals surface area contributed by atoms with Crippen LogP contribution < -0.4 is 10.2 Å². The first kappa shape index (κ1) is 17.9. The summed E-state index contributed by atoms with van der Waals surface area (Å²) < 4.78 is 0. The van der Waals surface area contributed by atoms with Gasteiger partial charge < -0.3 is 10.2 Å². The Labute approximate surface area is 144 Å². The number of carbonyl (C=O) groups excluding carboxylic acids is 1. The lowest BCUT2D eigenvalue weighted by Gasteiger charge is -2.24. The molecule has 1 N–H and O–H groups in total. The first-order chi connectivity index (χ1) is 11.4. The highest BCUT2D eigenvalue weighted by Crippen LogP contribution is 2.20. The van der Waals surface area contributed by atoms with Crippen molar-refractivity contribution in [1.82, 2.24) is 15.2 Å². The molecule has 0 unspecified atom stereocenters. The molecule has 0 spiro atoms. The van der Waals surface area contributed by atoms with Gasteiger partial charge in [0.05, 0.1) is 0 Å². The van der Waals surface area contributed by atoms with Crippen LogP contribution >= 0.6 is 0 Å². The Morgan fingerprint density at radius 2 is 1.79 bits per heavy atom. The predicted octanol–water partition coefficient (Wildman–Crippen LogP) is 2.38. The first-order valence-electron chi connectivity index (χ1n) is 8.02. The Morgan fingerprint density at radius 1 is 1.12 bits per heavy atom. The van der Waals surface area contributed by atoms with Crippen molar-refractivity contribution in [3.63, 3.8) is 0 Å². The summed E-state index contributed by atoms with van der Waals surface area (Å²) >= 11 is 0. The van der Waals surface area contributed by atoms with Crippen molar-refractivity contribution >= 4 is 11.7 Å². The van der Waals surface area contributed by atoms with E-state index in [2.05, 4.69) is 10.3 Å². The lowest BCUT2D eigenvalue weighted by molar-refractivity contribution is -0.125. The van der Waals surface area contributed by atoms with Gasteiger partial charge in [0.1, 0.15) is 11.9 Å². The summed E-state index contributed by atoms with van der Waals surface area (Å²) in [6, 6.07) is 11.6. The number of nitrogens with zero attached hydrogens (tertiary/aromatic N) is 3. The highest BCUT2D eigenvalue weighted by molar-refractivity contribution is 5.83. The molecule has 1 heterocycles. The van der Waals surface area contributed by atoms with Gasteiger partial charge in [-0.15, -0.1) is 0 Å². The minimum absolute atomic E-state index is 0.0163. The van der Waals surface area contributed by atoms with Crippen LogP contribution in [0.25, 0.3) is 0 Å². The summed E-state index contributed by atoms with van der Waals surface area (Å²) in [5.74, 6) is 0.854. The van der Waals surface area contributed by atoms with E-state index in [-0.39, 0.29) is 11.9 Å². The molecule has 0 saturated carbocycles. The van der Waals surface area contributed by atoms with Crippen LogP contribution in [0.4, 0.5) is 5.82 Å². The van der Waals surface area contributed by atoms with Gasteiger partial charge in [0.25, 0.3) is 0 Å². The molecule has 5 heteroatoms. The van der Waals surface area contributed by atoms with E-state index in [1.54, 1.807) is 6.20 Å². The molecule has 24 heavy (non-hydrogen) atoms. The molecule has 0 aliphatic heterocycles. The van der Waals surface area contributed by atoms with Crippen LogP contribution in [0.2, 0.25) is 0 Å². The molecule has 0 radical (unpaired) electrons. The van der Waals surface area contributed by atoms with Gasteiger partial charge in [-0.1, -0.05) is 35.9 Å². The van der Waals surface area contributed by atoms with Crippen LogP contribution in [-0.4, -0.2) is 44.0 Å². The molecule has 5 nitrogen and oxygen atoms in total. The standard InChI is InChI=1S/C19H26N4O/c1-14-8-10-15(11-9-14)17(22(2)3)19(24)21-13-16-7-6-12-20-18(16)23(4)5/h6-12,17H,13H2,1-5H3,(H,21,24)/t17-/m1/s1. The number of rotatable bonds is 6. The van der Waals surface area contributed by atoms with Crippen LogP contribution in [0.5, 0.6) is 0 Å². The highest BCUT2D eigenvalue weighted by Gasteiger charge is 2.22.